The van der Waals surface area contributed by atoms with Crippen molar-refractivity contribution in [2.45, 2.75) is 12.8 Å². The van der Waals surface area contributed by atoms with Crippen molar-refractivity contribution in [3.63, 3.8) is 0 Å². The Balaban J connectivity index is 1.38. The minimum Gasteiger partial charge on any atom is -0.452 e. The fraction of sp³-hybridized carbons (Fsp3) is 0.174. The third-order valence-electron chi connectivity index (χ3n) is 4.80. The van der Waals surface area contributed by atoms with Crippen molar-refractivity contribution in [3.05, 3.63) is 71.9 Å². The molecule has 1 aliphatic carbocycles. The van der Waals surface area contributed by atoms with Gasteiger partial charge in [0, 0.05) is 11.6 Å². The van der Waals surface area contributed by atoms with Crippen LogP contribution in [-0.4, -0.2) is 34.2 Å². The normalized spacial score (nSPS) is 12.5. The van der Waals surface area contributed by atoms with Gasteiger partial charge in [0.05, 0.1) is 17.4 Å². The lowest BCUT2D eigenvalue weighted by molar-refractivity contribution is -0.119. The number of ether oxygens (including phenoxy) is 1. The summed E-state index contributed by atoms with van der Waals surface area (Å²) < 4.78 is 6.52. The second kappa shape index (κ2) is 9.14. The zero-order chi connectivity index (χ0) is 22.5. The number of carbonyl (C=O) groups is 3. The first-order valence-electron chi connectivity index (χ1n) is 9.96. The van der Waals surface area contributed by atoms with Crippen LogP contribution in [0.4, 0.5) is 11.5 Å². The average Bonchev–Trinajstić information content (AvgIpc) is 3.59. The Labute approximate surface area is 183 Å². The number of esters is 1. The molecule has 0 radical (unpaired) electrons. The molecule has 32 heavy (non-hydrogen) atoms. The van der Waals surface area contributed by atoms with Gasteiger partial charge in [-0.1, -0.05) is 24.3 Å². The van der Waals surface area contributed by atoms with Gasteiger partial charge in [-0.3, -0.25) is 9.59 Å². The molecule has 0 atom stereocenters. The SMILES string of the molecule is N#Cc1cnn(-c2ccccc2)c1NC(=O)COC(=O)c1cccc(NC(=O)C2CC2)c1. The second-order valence-electron chi connectivity index (χ2n) is 7.23. The molecule has 1 saturated carbocycles. The average molecular weight is 429 g/mol. The minimum absolute atomic E-state index is 0.0388. The Morgan fingerprint density at radius 1 is 1.09 bits per heavy atom. The van der Waals surface area contributed by atoms with Crippen LogP contribution in [-0.2, 0) is 14.3 Å². The number of benzene rings is 2. The van der Waals surface area contributed by atoms with E-state index in [4.69, 9.17) is 4.74 Å². The molecular formula is C23H19N5O4. The molecule has 2 N–H and O–H groups in total. The largest absolute Gasteiger partial charge is 0.452 e. The van der Waals surface area contributed by atoms with Crippen molar-refractivity contribution in [3.8, 4) is 11.8 Å². The quantitative estimate of drug-likeness (QED) is 0.556. The lowest BCUT2D eigenvalue weighted by Crippen LogP contribution is -2.23. The molecule has 1 heterocycles. The maximum Gasteiger partial charge on any atom is 0.338 e. The number of hydrogen-bond donors (Lipinski definition) is 2. The molecule has 1 aromatic heterocycles. The predicted molar refractivity (Wildman–Crippen MR) is 115 cm³/mol. The maximum atomic E-state index is 12.4. The number of nitrogens with zero attached hydrogens (tertiary/aromatic N) is 3. The first-order chi connectivity index (χ1) is 15.5. The van der Waals surface area contributed by atoms with Crippen molar-refractivity contribution < 1.29 is 19.1 Å². The summed E-state index contributed by atoms with van der Waals surface area (Å²) >= 11 is 0. The first-order valence-corrected chi connectivity index (χ1v) is 9.96. The van der Waals surface area contributed by atoms with Crippen LogP contribution in [0.5, 0.6) is 0 Å². The van der Waals surface area contributed by atoms with Crippen LogP contribution in [0.15, 0.2) is 60.8 Å². The van der Waals surface area contributed by atoms with Gasteiger partial charge >= 0.3 is 5.97 Å². The number of carbonyl (C=O) groups excluding carboxylic acids is 3. The summed E-state index contributed by atoms with van der Waals surface area (Å²) in [6.45, 7) is -0.553. The van der Waals surface area contributed by atoms with E-state index in [-0.39, 0.29) is 28.8 Å². The molecule has 2 amide bonds. The third kappa shape index (κ3) is 4.82. The van der Waals surface area contributed by atoms with Crippen LogP contribution < -0.4 is 10.6 Å². The van der Waals surface area contributed by atoms with E-state index in [0.717, 1.165) is 12.8 Å². The highest BCUT2D eigenvalue weighted by Crippen LogP contribution is 2.30. The van der Waals surface area contributed by atoms with Gasteiger partial charge in [-0.05, 0) is 43.2 Å². The molecule has 160 valence electrons. The molecule has 9 nitrogen and oxygen atoms in total. The number of rotatable bonds is 7. The standard InChI is InChI=1S/C23H19N5O4/c24-12-17-13-25-28(19-7-2-1-3-8-19)21(17)27-20(29)14-32-23(31)16-5-4-6-18(11-16)26-22(30)15-9-10-15/h1-8,11,13,15H,9-10,14H2,(H,26,30)(H,27,29). The van der Waals surface area contributed by atoms with Gasteiger partial charge in [-0.2, -0.15) is 10.4 Å². The van der Waals surface area contributed by atoms with E-state index in [1.165, 1.54) is 23.0 Å². The van der Waals surface area contributed by atoms with Gasteiger partial charge in [-0.25, -0.2) is 9.48 Å². The number of hydrogen-bond acceptors (Lipinski definition) is 6. The Kier molecular flexibility index (Phi) is 5.94. The lowest BCUT2D eigenvalue weighted by atomic mass is 10.2. The summed E-state index contributed by atoms with van der Waals surface area (Å²) in [5.74, 6) is -1.18. The number of aromatic nitrogens is 2. The van der Waals surface area contributed by atoms with E-state index >= 15 is 0 Å². The van der Waals surface area contributed by atoms with E-state index in [9.17, 15) is 19.6 Å². The molecule has 0 unspecified atom stereocenters. The molecule has 0 spiro atoms. The van der Waals surface area contributed by atoms with Crippen LogP contribution in [0.1, 0.15) is 28.8 Å². The van der Waals surface area contributed by atoms with Crippen LogP contribution in [0.3, 0.4) is 0 Å². The number of nitrogens with one attached hydrogen (secondary N) is 2. The Morgan fingerprint density at radius 3 is 2.59 bits per heavy atom. The number of nitriles is 1. The first kappa shape index (κ1) is 20.8. The van der Waals surface area contributed by atoms with Crippen molar-refractivity contribution in [2.75, 3.05) is 17.2 Å². The van der Waals surface area contributed by atoms with Gasteiger partial charge in [0.15, 0.2) is 12.4 Å². The fourth-order valence-electron chi connectivity index (χ4n) is 3.01. The van der Waals surface area contributed by atoms with Gasteiger partial charge < -0.3 is 15.4 Å². The van der Waals surface area contributed by atoms with Crippen LogP contribution in [0, 0.1) is 17.2 Å². The molecule has 0 saturated heterocycles. The smallest absolute Gasteiger partial charge is 0.338 e. The topological polar surface area (TPSA) is 126 Å². The van der Waals surface area contributed by atoms with Crippen molar-refractivity contribution in [1.82, 2.24) is 9.78 Å². The monoisotopic (exact) mass is 429 g/mol. The van der Waals surface area contributed by atoms with Gasteiger partial charge in [0.1, 0.15) is 11.6 Å². The summed E-state index contributed by atoms with van der Waals surface area (Å²) in [6.07, 6.45) is 3.09. The summed E-state index contributed by atoms with van der Waals surface area (Å²) in [6, 6.07) is 17.3. The molecule has 3 aromatic rings. The summed E-state index contributed by atoms with van der Waals surface area (Å²) in [5.41, 5.74) is 1.53. The Morgan fingerprint density at radius 2 is 1.88 bits per heavy atom. The van der Waals surface area contributed by atoms with Crippen molar-refractivity contribution >= 4 is 29.3 Å². The van der Waals surface area contributed by atoms with Crippen molar-refractivity contribution in [2.24, 2.45) is 5.92 Å². The molecule has 4 rings (SSSR count). The van der Waals surface area contributed by atoms with E-state index in [2.05, 4.69) is 15.7 Å². The number of para-hydroxylation sites is 1. The van der Waals surface area contributed by atoms with Gasteiger partial charge in [0.2, 0.25) is 5.91 Å². The van der Waals surface area contributed by atoms with Crippen LogP contribution >= 0.6 is 0 Å². The molecule has 1 aliphatic rings. The minimum atomic E-state index is -0.709. The highest BCUT2D eigenvalue weighted by atomic mass is 16.5. The van der Waals surface area contributed by atoms with E-state index in [1.54, 1.807) is 36.4 Å². The predicted octanol–water partition coefficient (Wildman–Crippen LogP) is 2.89. The van der Waals surface area contributed by atoms with Crippen molar-refractivity contribution in [1.29, 1.82) is 5.26 Å². The van der Waals surface area contributed by atoms with Crippen LogP contribution in [0.2, 0.25) is 0 Å². The fourth-order valence-corrected chi connectivity index (χ4v) is 3.01. The Hall–Kier alpha value is -4.45. The molecule has 1 fully saturated rings. The number of anilines is 2. The summed E-state index contributed by atoms with van der Waals surface area (Å²) in [5, 5.41) is 18.8. The molecular weight excluding hydrogens is 410 g/mol. The molecule has 0 aliphatic heterocycles. The van der Waals surface area contributed by atoms with E-state index in [0.29, 0.717) is 11.4 Å². The van der Waals surface area contributed by atoms with E-state index < -0.39 is 18.5 Å². The lowest BCUT2D eigenvalue weighted by Gasteiger charge is -2.10. The maximum absolute atomic E-state index is 12.4. The zero-order valence-corrected chi connectivity index (χ0v) is 16.9. The molecule has 9 heteroatoms. The van der Waals surface area contributed by atoms with Gasteiger partial charge in [-0.15, -0.1) is 0 Å². The van der Waals surface area contributed by atoms with E-state index in [1.807, 2.05) is 12.1 Å². The summed E-state index contributed by atoms with van der Waals surface area (Å²) in [4.78, 5) is 36.7. The Bertz CT molecular complexity index is 1210. The highest BCUT2D eigenvalue weighted by Gasteiger charge is 2.29. The summed E-state index contributed by atoms with van der Waals surface area (Å²) in [7, 11) is 0. The highest BCUT2D eigenvalue weighted by molar-refractivity contribution is 5.98. The third-order valence-corrected chi connectivity index (χ3v) is 4.80. The zero-order valence-electron chi connectivity index (χ0n) is 16.9. The van der Waals surface area contributed by atoms with Crippen LogP contribution in [0.25, 0.3) is 5.69 Å². The molecule has 2 aromatic carbocycles. The molecule has 0 bridgehead atoms. The number of amides is 2. The second-order valence-corrected chi connectivity index (χ2v) is 7.23. The van der Waals surface area contributed by atoms with Gasteiger partial charge in [0.25, 0.3) is 5.91 Å².